The molecule has 0 saturated carbocycles. The molecule has 0 aromatic rings. The van der Waals surface area contributed by atoms with Gasteiger partial charge in [0.15, 0.2) is 0 Å². The van der Waals surface area contributed by atoms with Crippen LogP contribution in [0.25, 0.3) is 0 Å². The molecule has 0 atom stereocenters. The molecule has 0 saturated heterocycles. The van der Waals surface area contributed by atoms with Crippen LogP contribution < -0.4 is 0 Å². The number of hydrogen-bond acceptors (Lipinski definition) is 8. The smallest absolute Gasteiger partial charge is 0.267 e. The maximum Gasteiger partial charge on any atom is 0.267 e. The summed E-state index contributed by atoms with van der Waals surface area (Å²) in [5, 5.41) is 0. The van der Waals surface area contributed by atoms with E-state index in [0.29, 0.717) is 12.8 Å². The molecule has 24 heavy (non-hydrogen) atoms. The second kappa shape index (κ2) is 14.0. The molecule has 0 aromatic heterocycles. The predicted octanol–water partition coefficient (Wildman–Crippen LogP) is 1.31. The Hall–Kier alpha value is -0.260. The molecule has 146 valence electrons. The molecule has 8 nitrogen and oxygen atoms in total. The first-order chi connectivity index (χ1) is 11.3. The van der Waals surface area contributed by atoms with E-state index >= 15 is 0 Å². The normalized spacial score (nSPS) is 12.6. The Morgan fingerprint density at radius 1 is 0.583 bits per heavy atom. The first kappa shape index (κ1) is 23.7. The number of hydrogen-bond donors (Lipinski definition) is 0. The second-order valence-electron chi connectivity index (χ2n) is 5.10. The van der Waals surface area contributed by atoms with Crippen LogP contribution in [0.1, 0.15) is 39.5 Å². The highest BCUT2D eigenvalue weighted by Gasteiger charge is 2.10. The van der Waals surface area contributed by atoms with Gasteiger partial charge in [0.05, 0.1) is 51.1 Å². The third-order valence-electron chi connectivity index (χ3n) is 2.85. The topological polar surface area (TPSA) is 105 Å². The van der Waals surface area contributed by atoms with E-state index in [1.54, 1.807) is 0 Å². The maximum absolute atomic E-state index is 11.4. The van der Waals surface area contributed by atoms with Gasteiger partial charge in [-0.3, -0.25) is 8.37 Å². The van der Waals surface area contributed by atoms with Crippen molar-refractivity contribution >= 4 is 20.2 Å². The van der Waals surface area contributed by atoms with Crippen LogP contribution >= 0.6 is 0 Å². The summed E-state index contributed by atoms with van der Waals surface area (Å²) in [5.41, 5.74) is 0. The highest BCUT2D eigenvalue weighted by atomic mass is 32.2. The lowest BCUT2D eigenvalue weighted by atomic mass is 10.4. The summed E-state index contributed by atoms with van der Waals surface area (Å²) in [7, 11) is -6.91. The Morgan fingerprint density at radius 2 is 0.917 bits per heavy atom. The van der Waals surface area contributed by atoms with Crippen LogP contribution in [0, 0.1) is 0 Å². The van der Waals surface area contributed by atoms with E-state index in [4.69, 9.17) is 17.8 Å². The average molecular weight is 391 g/mol. The molecule has 0 fully saturated rings. The van der Waals surface area contributed by atoms with Gasteiger partial charge >= 0.3 is 0 Å². The standard InChI is InChI=1S/C14H30O8S2/c1-3-5-13-23(15,16)21-11-9-19-7-8-20-10-12-22-24(17,18)14-6-4-2/h3-14H2,1-2H3. The first-order valence-electron chi connectivity index (χ1n) is 8.22. The molecular weight excluding hydrogens is 360 g/mol. The van der Waals surface area contributed by atoms with Crippen LogP contribution in [0.5, 0.6) is 0 Å². The lowest BCUT2D eigenvalue weighted by Gasteiger charge is -2.08. The molecule has 0 radical (unpaired) electrons. The van der Waals surface area contributed by atoms with Gasteiger partial charge in [-0.25, -0.2) is 0 Å². The van der Waals surface area contributed by atoms with Crippen molar-refractivity contribution in [3.63, 3.8) is 0 Å². The lowest BCUT2D eigenvalue weighted by molar-refractivity contribution is 0.0285. The molecule has 0 bridgehead atoms. The molecule has 0 unspecified atom stereocenters. The van der Waals surface area contributed by atoms with Crippen molar-refractivity contribution in [2.45, 2.75) is 39.5 Å². The van der Waals surface area contributed by atoms with Crippen molar-refractivity contribution in [1.82, 2.24) is 0 Å². The highest BCUT2D eigenvalue weighted by Crippen LogP contribution is 2.00. The minimum atomic E-state index is -3.45. The zero-order valence-corrected chi connectivity index (χ0v) is 16.2. The zero-order chi connectivity index (χ0) is 18.3. The van der Waals surface area contributed by atoms with Crippen molar-refractivity contribution in [2.75, 3.05) is 51.1 Å². The van der Waals surface area contributed by atoms with E-state index in [1.807, 2.05) is 13.8 Å². The maximum atomic E-state index is 11.4. The van der Waals surface area contributed by atoms with Gasteiger partial charge in [0.25, 0.3) is 20.2 Å². The molecule has 0 aromatic carbocycles. The molecule has 0 rings (SSSR count). The van der Waals surface area contributed by atoms with E-state index in [1.165, 1.54) is 0 Å². The van der Waals surface area contributed by atoms with Gasteiger partial charge in [-0.1, -0.05) is 26.7 Å². The van der Waals surface area contributed by atoms with Gasteiger partial charge in [0.2, 0.25) is 0 Å². The minimum Gasteiger partial charge on any atom is -0.377 e. The fourth-order valence-electron chi connectivity index (χ4n) is 1.52. The number of rotatable bonds is 17. The molecule has 0 N–H and O–H groups in total. The lowest BCUT2D eigenvalue weighted by Crippen LogP contribution is -2.17. The third kappa shape index (κ3) is 15.3. The molecular formula is C14H30O8S2. The van der Waals surface area contributed by atoms with E-state index in [-0.39, 0.29) is 51.1 Å². The zero-order valence-electron chi connectivity index (χ0n) is 14.6. The van der Waals surface area contributed by atoms with Crippen LogP contribution in [-0.2, 0) is 38.1 Å². The molecule has 10 heteroatoms. The van der Waals surface area contributed by atoms with Crippen molar-refractivity contribution in [3.8, 4) is 0 Å². The summed E-state index contributed by atoms with van der Waals surface area (Å²) in [6.45, 7) is 4.60. The summed E-state index contributed by atoms with van der Waals surface area (Å²) in [5.74, 6) is 0.0432. The van der Waals surface area contributed by atoms with E-state index in [9.17, 15) is 16.8 Å². The predicted molar refractivity (Wildman–Crippen MR) is 90.9 cm³/mol. The Balaban J connectivity index is 3.46. The van der Waals surface area contributed by atoms with Gasteiger partial charge in [0, 0.05) is 0 Å². The summed E-state index contributed by atoms with van der Waals surface area (Å²) in [6, 6.07) is 0. The van der Waals surface area contributed by atoms with E-state index in [0.717, 1.165) is 12.8 Å². The first-order valence-corrected chi connectivity index (χ1v) is 11.4. The fourth-order valence-corrected chi connectivity index (χ4v) is 3.69. The van der Waals surface area contributed by atoms with Crippen LogP contribution in [0.15, 0.2) is 0 Å². The van der Waals surface area contributed by atoms with Gasteiger partial charge in [-0.2, -0.15) is 16.8 Å². The van der Waals surface area contributed by atoms with Crippen molar-refractivity contribution < 1.29 is 34.7 Å². The van der Waals surface area contributed by atoms with Crippen LogP contribution in [0.4, 0.5) is 0 Å². The Bertz CT molecular complexity index is 441. The summed E-state index contributed by atoms with van der Waals surface area (Å²) in [6.07, 6.45) is 2.74. The van der Waals surface area contributed by atoms with Gasteiger partial charge in [-0.15, -0.1) is 0 Å². The van der Waals surface area contributed by atoms with Gasteiger partial charge in [-0.05, 0) is 12.8 Å². The summed E-state index contributed by atoms with van der Waals surface area (Å²) >= 11 is 0. The highest BCUT2D eigenvalue weighted by molar-refractivity contribution is 7.86. The summed E-state index contributed by atoms with van der Waals surface area (Å²) < 4.78 is 65.4. The number of unbranched alkanes of at least 4 members (excludes halogenated alkanes) is 2. The molecule has 0 aliphatic heterocycles. The fraction of sp³-hybridized carbons (Fsp3) is 1.00. The summed E-state index contributed by atoms with van der Waals surface area (Å²) in [4.78, 5) is 0. The van der Waals surface area contributed by atoms with Gasteiger partial charge in [0.1, 0.15) is 0 Å². The van der Waals surface area contributed by atoms with E-state index < -0.39 is 20.2 Å². The van der Waals surface area contributed by atoms with Crippen molar-refractivity contribution in [2.24, 2.45) is 0 Å². The second-order valence-corrected chi connectivity index (χ2v) is 8.62. The van der Waals surface area contributed by atoms with Gasteiger partial charge < -0.3 is 9.47 Å². The van der Waals surface area contributed by atoms with E-state index in [2.05, 4.69) is 0 Å². The Labute approximate surface area is 146 Å². The number of ether oxygens (including phenoxy) is 2. The Morgan fingerprint density at radius 3 is 1.25 bits per heavy atom. The molecule has 0 spiro atoms. The van der Waals surface area contributed by atoms with Crippen LogP contribution in [0.3, 0.4) is 0 Å². The monoisotopic (exact) mass is 390 g/mol. The molecule has 0 aliphatic carbocycles. The van der Waals surface area contributed by atoms with Crippen LogP contribution in [-0.4, -0.2) is 68.0 Å². The third-order valence-corrected chi connectivity index (χ3v) is 5.48. The molecule has 0 heterocycles. The van der Waals surface area contributed by atoms with Crippen LogP contribution in [0.2, 0.25) is 0 Å². The SMILES string of the molecule is CCCCS(=O)(=O)OCCOCCOCCOS(=O)(=O)CCCC. The quantitative estimate of drug-likeness (QED) is 0.270. The molecule has 0 amide bonds. The minimum absolute atomic E-state index is 0.0216. The molecule has 0 aliphatic rings. The Kier molecular flexibility index (Phi) is 13.8. The largest absolute Gasteiger partial charge is 0.377 e. The van der Waals surface area contributed by atoms with Crippen molar-refractivity contribution in [3.05, 3.63) is 0 Å². The average Bonchev–Trinajstić information content (AvgIpc) is 2.53. The van der Waals surface area contributed by atoms with Crippen molar-refractivity contribution in [1.29, 1.82) is 0 Å².